The van der Waals surface area contributed by atoms with E-state index >= 15 is 0 Å². The summed E-state index contributed by atoms with van der Waals surface area (Å²) >= 11 is 0. The first-order valence-electron chi connectivity index (χ1n) is 14.3. The van der Waals surface area contributed by atoms with Crippen LogP contribution in [-0.4, -0.2) is 72.8 Å². The molecule has 4 aromatic rings. The van der Waals surface area contributed by atoms with Crippen molar-refractivity contribution in [1.82, 2.24) is 19.8 Å². The average molecular weight is 592 g/mol. The maximum Gasteiger partial charge on any atom is 0.227 e. The molecule has 1 saturated heterocycles. The third kappa shape index (κ3) is 6.63. The zero-order valence-electron chi connectivity index (χ0n) is 23.7. The number of benzene rings is 3. The number of hydrogen-bond donors (Lipinski definition) is 1. The lowest BCUT2D eigenvalue weighted by molar-refractivity contribution is 0.0974. The molecule has 1 aromatic heterocycles. The molecule has 1 atom stereocenters. The van der Waals surface area contributed by atoms with Gasteiger partial charge < -0.3 is 15.0 Å². The lowest BCUT2D eigenvalue weighted by Gasteiger charge is -2.34. The third-order valence-corrected chi connectivity index (χ3v) is 8.24. The van der Waals surface area contributed by atoms with Crippen molar-refractivity contribution in [2.75, 3.05) is 58.3 Å². The van der Waals surface area contributed by atoms with Crippen molar-refractivity contribution in [3.63, 3.8) is 0 Å². The Hall–Kier alpha value is -3.43. The molecule has 0 amide bonds. The Morgan fingerprint density at radius 1 is 0.881 bits per heavy atom. The van der Waals surface area contributed by atoms with Crippen molar-refractivity contribution in [3.05, 3.63) is 107 Å². The van der Waals surface area contributed by atoms with E-state index in [4.69, 9.17) is 9.72 Å². The summed E-state index contributed by atoms with van der Waals surface area (Å²) in [5, 5.41) is 3.29. The minimum Gasteiger partial charge on any atom is -0.383 e. The SMILES string of the molecule is COCCN1CCN(CCc2cc(Nc3ncc4c(n3)-c3ccccc3[C@H](c3ccccc3F)C4)ccc2F)CC1.Cl. The number of piperazine rings is 1. The van der Waals surface area contributed by atoms with Crippen LogP contribution in [-0.2, 0) is 17.6 Å². The molecular weight excluding hydrogens is 556 g/mol. The smallest absolute Gasteiger partial charge is 0.227 e. The largest absolute Gasteiger partial charge is 0.383 e. The fourth-order valence-corrected chi connectivity index (χ4v) is 5.94. The van der Waals surface area contributed by atoms with E-state index in [-0.39, 0.29) is 30.0 Å². The molecule has 1 aliphatic heterocycles. The summed E-state index contributed by atoms with van der Waals surface area (Å²) in [4.78, 5) is 14.2. The number of rotatable bonds is 9. The highest BCUT2D eigenvalue weighted by atomic mass is 35.5. The standard InChI is InChI=1S/C33H35F2N5O.ClH/c1-41-19-18-40-16-14-39(15-17-40)13-12-23-20-25(10-11-30(23)34)37-33-36-22-24-21-29(27-7-4-5-9-31(27)35)26-6-2-3-8-28(26)32(24)38-33;/h2-11,20,22,29H,12-19,21H2,1H3,(H,36,37,38);1H/t29-;/m1./s1. The van der Waals surface area contributed by atoms with Crippen molar-refractivity contribution < 1.29 is 13.5 Å². The summed E-state index contributed by atoms with van der Waals surface area (Å²) in [6, 6.07) is 20.1. The number of ether oxygens (including phenoxy) is 1. The molecule has 0 radical (unpaired) electrons. The Labute approximate surface area is 252 Å². The summed E-state index contributed by atoms with van der Waals surface area (Å²) in [6.45, 7) is 6.49. The van der Waals surface area contributed by atoms with Crippen molar-refractivity contribution in [2.45, 2.75) is 18.8 Å². The molecule has 220 valence electrons. The number of hydrogen-bond acceptors (Lipinski definition) is 6. The highest BCUT2D eigenvalue weighted by Gasteiger charge is 2.29. The van der Waals surface area contributed by atoms with Gasteiger partial charge in [0.05, 0.1) is 12.3 Å². The molecule has 6 rings (SSSR count). The summed E-state index contributed by atoms with van der Waals surface area (Å²) in [5.74, 6) is -0.0527. The van der Waals surface area contributed by atoms with Crippen LogP contribution in [0.3, 0.4) is 0 Å². The summed E-state index contributed by atoms with van der Waals surface area (Å²) < 4.78 is 34.7. The number of fused-ring (bicyclic) bond motifs is 3. The topological polar surface area (TPSA) is 53.5 Å². The second-order valence-electron chi connectivity index (χ2n) is 10.8. The van der Waals surface area contributed by atoms with Gasteiger partial charge in [-0.25, -0.2) is 18.7 Å². The normalized spacial score (nSPS) is 16.8. The molecule has 0 saturated carbocycles. The van der Waals surface area contributed by atoms with E-state index in [2.05, 4.69) is 26.2 Å². The fourth-order valence-electron chi connectivity index (χ4n) is 5.94. The summed E-state index contributed by atoms with van der Waals surface area (Å²) in [5.41, 5.74) is 5.96. The van der Waals surface area contributed by atoms with Gasteiger partial charge in [0.2, 0.25) is 5.95 Å². The van der Waals surface area contributed by atoms with Crippen LogP contribution < -0.4 is 5.32 Å². The van der Waals surface area contributed by atoms with E-state index in [9.17, 15) is 8.78 Å². The van der Waals surface area contributed by atoms with Crippen LogP contribution in [0.2, 0.25) is 0 Å². The van der Waals surface area contributed by atoms with E-state index in [1.54, 1.807) is 19.2 Å². The van der Waals surface area contributed by atoms with Gasteiger partial charge in [-0.05, 0) is 59.4 Å². The summed E-state index contributed by atoms with van der Waals surface area (Å²) in [6.07, 6.45) is 3.08. The molecule has 1 fully saturated rings. The monoisotopic (exact) mass is 591 g/mol. The number of aromatic nitrogens is 2. The van der Waals surface area contributed by atoms with Crippen LogP contribution in [0, 0.1) is 11.6 Å². The first-order valence-corrected chi connectivity index (χ1v) is 14.3. The van der Waals surface area contributed by atoms with Gasteiger partial charge in [-0.1, -0.05) is 42.5 Å². The minimum absolute atomic E-state index is 0. The van der Waals surface area contributed by atoms with Gasteiger partial charge in [0, 0.05) is 69.7 Å². The van der Waals surface area contributed by atoms with Gasteiger partial charge in [0.25, 0.3) is 0 Å². The molecule has 1 N–H and O–H groups in total. The molecule has 2 heterocycles. The van der Waals surface area contributed by atoms with E-state index in [1.165, 1.54) is 12.1 Å². The molecular formula is C33H36ClF2N5O. The van der Waals surface area contributed by atoms with Gasteiger partial charge in [-0.15, -0.1) is 12.4 Å². The first kappa shape index (κ1) is 30.0. The van der Waals surface area contributed by atoms with Crippen LogP contribution in [0.25, 0.3) is 11.3 Å². The summed E-state index contributed by atoms with van der Waals surface area (Å²) in [7, 11) is 1.73. The Bertz CT molecular complexity index is 1510. The fraction of sp³-hybridized carbons (Fsp3) is 0.333. The molecule has 2 aliphatic rings. The van der Waals surface area contributed by atoms with Crippen LogP contribution in [0.4, 0.5) is 20.4 Å². The van der Waals surface area contributed by atoms with E-state index in [1.807, 2.05) is 42.6 Å². The van der Waals surface area contributed by atoms with Crippen molar-refractivity contribution in [1.29, 1.82) is 0 Å². The minimum atomic E-state index is -0.202. The Balaban J connectivity index is 0.00000353. The lowest BCUT2D eigenvalue weighted by Crippen LogP contribution is -2.47. The van der Waals surface area contributed by atoms with Crippen molar-refractivity contribution >= 4 is 24.0 Å². The second-order valence-corrected chi connectivity index (χ2v) is 10.8. The predicted molar refractivity (Wildman–Crippen MR) is 165 cm³/mol. The number of nitrogens with zero attached hydrogens (tertiary/aromatic N) is 4. The van der Waals surface area contributed by atoms with Gasteiger partial charge in [-0.3, -0.25) is 4.90 Å². The Kier molecular flexibility index (Phi) is 9.80. The third-order valence-electron chi connectivity index (χ3n) is 8.24. The van der Waals surface area contributed by atoms with Crippen LogP contribution in [0.5, 0.6) is 0 Å². The van der Waals surface area contributed by atoms with E-state index in [0.717, 1.165) is 73.9 Å². The maximum absolute atomic E-state index is 14.8. The lowest BCUT2D eigenvalue weighted by atomic mass is 9.78. The molecule has 3 aromatic carbocycles. The zero-order chi connectivity index (χ0) is 28.2. The average Bonchev–Trinajstić information content (AvgIpc) is 3.01. The van der Waals surface area contributed by atoms with Crippen LogP contribution in [0.1, 0.15) is 28.2 Å². The van der Waals surface area contributed by atoms with E-state index in [0.29, 0.717) is 29.9 Å². The van der Waals surface area contributed by atoms with E-state index < -0.39 is 0 Å². The molecule has 0 unspecified atom stereocenters. The molecule has 0 spiro atoms. The van der Waals surface area contributed by atoms with Crippen LogP contribution >= 0.6 is 12.4 Å². The number of anilines is 2. The number of nitrogens with one attached hydrogen (secondary N) is 1. The molecule has 1 aliphatic carbocycles. The number of halogens is 3. The van der Waals surface area contributed by atoms with Gasteiger partial charge in [0.1, 0.15) is 11.6 Å². The van der Waals surface area contributed by atoms with Gasteiger partial charge >= 0.3 is 0 Å². The number of methoxy groups -OCH3 is 1. The van der Waals surface area contributed by atoms with Crippen molar-refractivity contribution in [3.8, 4) is 11.3 Å². The highest BCUT2D eigenvalue weighted by molar-refractivity contribution is 5.85. The highest BCUT2D eigenvalue weighted by Crippen LogP contribution is 2.42. The Morgan fingerprint density at radius 3 is 2.36 bits per heavy atom. The zero-order valence-corrected chi connectivity index (χ0v) is 24.5. The molecule has 42 heavy (non-hydrogen) atoms. The molecule has 0 bridgehead atoms. The predicted octanol–water partition coefficient (Wildman–Crippen LogP) is 6.08. The quantitative estimate of drug-likeness (QED) is 0.255. The molecule has 6 nitrogen and oxygen atoms in total. The van der Waals surface area contributed by atoms with Crippen LogP contribution in [0.15, 0.2) is 72.9 Å². The maximum atomic E-state index is 14.8. The second kappa shape index (κ2) is 13.7. The van der Waals surface area contributed by atoms with Gasteiger partial charge in [0.15, 0.2) is 0 Å². The van der Waals surface area contributed by atoms with Gasteiger partial charge in [-0.2, -0.15) is 0 Å². The first-order chi connectivity index (χ1) is 20.1. The Morgan fingerprint density at radius 2 is 1.60 bits per heavy atom. The van der Waals surface area contributed by atoms with Crippen molar-refractivity contribution in [2.24, 2.45) is 0 Å². The molecule has 9 heteroatoms.